The van der Waals surface area contributed by atoms with Crippen molar-refractivity contribution in [3.05, 3.63) is 53.9 Å². The molecule has 104 valence electrons. The largest absolute Gasteiger partial charge is 0.478 e. The van der Waals surface area contributed by atoms with Crippen LogP contribution in [0.5, 0.6) is 0 Å². The Bertz CT molecular complexity index is 574. The Balaban J connectivity index is 2.13. The topological polar surface area (TPSA) is 79.2 Å². The fraction of sp³-hybridized carbons (Fsp3) is 0.286. The molecule has 6 heteroatoms. The number of carbonyl (C=O) groups is 1. The summed E-state index contributed by atoms with van der Waals surface area (Å²) in [5.74, 6) is -1.01. The van der Waals surface area contributed by atoms with E-state index in [-0.39, 0.29) is 5.56 Å². The maximum absolute atomic E-state index is 11.1. The molecule has 2 aromatic rings. The van der Waals surface area contributed by atoms with Gasteiger partial charge in [0.2, 0.25) is 0 Å². The van der Waals surface area contributed by atoms with Gasteiger partial charge < -0.3 is 5.11 Å². The molecule has 0 atom stereocenters. The molecule has 0 aliphatic heterocycles. The predicted molar refractivity (Wildman–Crippen MR) is 73.0 cm³/mol. The molecule has 6 nitrogen and oxygen atoms in total. The van der Waals surface area contributed by atoms with Gasteiger partial charge >= 0.3 is 5.97 Å². The summed E-state index contributed by atoms with van der Waals surface area (Å²) in [5.41, 5.74) is 1.61. The average molecular weight is 272 g/mol. The van der Waals surface area contributed by atoms with Crippen molar-refractivity contribution in [3.8, 4) is 0 Å². The maximum atomic E-state index is 11.1. The van der Waals surface area contributed by atoms with E-state index in [9.17, 15) is 4.79 Å². The first-order valence-electron chi connectivity index (χ1n) is 6.35. The Hall–Kier alpha value is -2.34. The summed E-state index contributed by atoms with van der Waals surface area (Å²) in [5, 5.41) is 9.13. The second kappa shape index (κ2) is 6.72. The Kier molecular flexibility index (Phi) is 4.73. The van der Waals surface area contributed by atoms with E-state index in [4.69, 9.17) is 5.11 Å². The minimum atomic E-state index is -1.01. The van der Waals surface area contributed by atoms with Crippen LogP contribution in [0.3, 0.4) is 0 Å². The average Bonchev–Trinajstić information content (AvgIpc) is 2.48. The van der Waals surface area contributed by atoms with E-state index in [1.165, 1.54) is 12.5 Å². The van der Waals surface area contributed by atoms with Crippen LogP contribution < -0.4 is 0 Å². The van der Waals surface area contributed by atoms with Crippen LogP contribution in [0.1, 0.15) is 28.7 Å². The monoisotopic (exact) mass is 272 g/mol. The molecule has 0 bridgehead atoms. The number of carboxylic acids is 1. The molecule has 0 spiro atoms. The zero-order chi connectivity index (χ0) is 14.4. The molecule has 0 radical (unpaired) electrons. The van der Waals surface area contributed by atoms with Gasteiger partial charge in [-0.15, -0.1) is 0 Å². The lowest BCUT2D eigenvalue weighted by molar-refractivity contribution is 0.0693. The molecule has 1 N–H and O–H groups in total. The lowest BCUT2D eigenvalue weighted by atomic mass is 10.2. The molecule has 0 unspecified atom stereocenters. The number of aromatic carboxylic acids is 1. The van der Waals surface area contributed by atoms with Crippen molar-refractivity contribution >= 4 is 5.97 Å². The summed E-state index contributed by atoms with van der Waals surface area (Å²) in [6, 6.07) is 5.75. The summed E-state index contributed by atoms with van der Waals surface area (Å²) >= 11 is 0. The van der Waals surface area contributed by atoms with Gasteiger partial charge in [0.15, 0.2) is 0 Å². The lowest BCUT2D eigenvalue weighted by Crippen LogP contribution is -2.24. The van der Waals surface area contributed by atoms with E-state index < -0.39 is 5.97 Å². The van der Waals surface area contributed by atoms with Gasteiger partial charge in [0.25, 0.3) is 0 Å². The van der Waals surface area contributed by atoms with Crippen LogP contribution >= 0.6 is 0 Å². The molecular weight excluding hydrogens is 256 g/mol. The van der Waals surface area contributed by atoms with Crippen LogP contribution in [-0.2, 0) is 13.1 Å². The number of rotatable bonds is 6. The Morgan fingerprint density at radius 2 is 2.15 bits per heavy atom. The van der Waals surface area contributed by atoms with Crippen molar-refractivity contribution in [2.45, 2.75) is 20.0 Å². The normalized spacial score (nSPS) is 10.7. The van der Waals surface area contributed by atoms with Crippen LogP contribution in [0.25, 0.3) is 0 Å². The van der Waals surface area contributed by atoms with E-state index in [0.29, 0.717) is 18.8 Å². The molecule has 2 rings (SSSR count). The molecule has 0 aliphatic carbocycles. The zero-order valence-electron chi connectivity index (χ0n) is 11.2. The van der Waals surface area contributed by atoms with Crippen LogP contribution in [0.4, 0.5) is 0 Å². The highest BCUT2D eigenvalue weighted by molar-refractivity contribution is 5.88. The van der Waals surface area contributed by atoms with Crippen molar-refractivity contribution in [3.63, 3.8) is 0 Å². The first-order chi connectivity index (χ1) is 9.70. The lowest BCUT2D eigenvalue weighted by Gasteiger charge is -2.20. The van der Waals surface area contributed by atoms with Crippen LogP contribution in [-0.4, -0.2) is 37.5 Å². The van der Waals surface area contributed by atoms with E-state index in [2.05, 4.69) is 19.9 Å². The van der Waals surface area contributed by atoms with Gasteiger partial charge in [0, 0.05) is 25.5 Å². The van der Waals surface area contributed by atoms with E-state index in [1.807, 2.05) is 25.1 Å². The van der Waals surface area contributed by atoms with Crippen LogP contribution in [0.15, 0.2) is 36.9 Å². The Morgan fingerprint density at radius 1 is 1.30 bits per heavy atom. The van der Waals surface area contributed by atoms with Gasteiger partial charge in [0.05, 0.1) is 11.4 Å². The first kappa shape index (κ1) is 14.1. The minimum Gasteiger partial charge on any atom is -0.478 e. The Labute approximate surface area is 117 Å². The summed E-state index contributed by atoms with van der Waals surface area (Å²) in [4.78, 5) is 25.3. The molecule has 20 heavy (non-hydrogen) atoms. The number of aromatic nitrogens is 3. The SMILES string of the molecule is CCN(Cc1ccccn1)Cc1ncncc1C(=O)O. The van der Waals surface area contributed by atoms with Crippen LogP contribution in [0.2, 0.25) is 0 Å². The molecule has 0 fully saturated rings. The van der Waals surface area contributed by atoms with Crippen molar-refractivity contribution in [1.82, 2.24) is 19.9 Å². The second-order valence-corrected chi connectivity index (χ2v) is 4.31. The molecule has 0 saturated heterocycles. The highest BCUT2D eigenvalue weighted by Gasteiger charge is 2.14. The second-order valence-electron chi connectivity index (χ2n) is 4.31. The minimum absolute atomic E-state index is 0.145. The van der Waals surface area contributed by atoms with Gasteiger partial charge in [0.1, 0.15) is 11.9 Å². The van der Waals surface area contributed by atoms with Gasteiger partial charge in [-0.2, -0.15) is 0 Å². The molecule has 0 aliphatic rings. The van der Waals surface area contributed by atoms with Crippen molar-refractivity contribution in [2.75, 3.05) is 6.54 Å². The fourth-order valence-corrected chi connectivity index (χ4v) is 1.87. The number of nitrogens with zero attached hydrogens (tertiary/aromatic N) is 4. The molecule has 0 saturated carbocycles. The first-order valence-corrected chi connectivity index (χ1v) is 6.35. The quantitative estimate of drug-likeness (QED) is 0.860. The third-order valence-electron chi connectivity index (χ3n) is 2.96. The van der Waals surface area contributed by atoms with Crippen molar-refractivity contribution in [2.24, 2.45) is 0 Å². The third kappa shape index (κ3) is 3.58. The number of carboxylic acid groups (broad SMARTS) is 1. The third-order valence-corrected chi connectivity index (χ3v) is 2.96. The van der Waals surface area contributed by atoms with Gasteiger partial charge in [-0.25, -0.2) is 14.8 Å². The van der Waals surface area contributed by atoms with Gasteiger partial charge in [-0.05, 0) is 18.7 Å². The number of pyridine rings is 1. The number of hydrogen-bond acceptors (Lipinski definition) is 5. The molecular formula is C14H16N4O2. The maximum Gasteiger partial charge on any atom is 0.339 e. The highest BCUT2D eigenvalue weighted by Crippen LogP contribution is 2.10. The van der Waals surface area contributed by atoms with E-state index in [0.717, 1.165) is 12.2 Å². The predicted octanol–water partition coefficient (Wildman–Crippen LogP) is 1.59. The van der Waals surface area contributed by atoms with E-state index >= 15 is 0 Å². The molecule has 2 aromatic heterocycles. The van der Waals surface area contributed by atoms with Crippen molar-refractivity contribution in [1.29, 1.82) is 0 Å². The van der Waals surface area contributed by atoms with Crippen molar-refractivity contribution < 1.29 is 9.90 Å². The zero-order valence-corrected chi connectivity index (χ0v) is 11.2. The summed E-state index contributed by atoms with van der Waals surface area (Å²) in [6.07, 6.45) is 4.45. The van der Waals surface area contributed by atoms with Crippen LogP contribution in [0, 0.1) is 0 Å². The van der Waals surface area contributed by atoms with E-state index in [1.54, 1.807) is 6.20 Å². The molecule has 0 amide bonds. The summed E-state index contributed by atoms with van der Waals surface area (Å²) in [6.45, 7) is 3.90. The standard InChI is InChI=1S/C14H16N4O2/c1-2-18(8-11-5-3-4-6-16-11)9-13-12(14(19)20)7-15-10-17-13/h3-7,10H,2,8-9H2,1H3,(H,19,20). The van der Waals surface area contributed by atoms with Gasteiger partial charge in [-0.3, -0.25) is 9.88 Å². The Morgan fingerprint density at radius 3 is 2.80 bits per heavy atom. The highest BCUT2D eigenvalue weighted by atomic mass is 16.4. The summed E-state index contributed by atoms with van der Waals surface area (Å²) in [7, 11) is 0. The summed E-state index contributed by atoms with van der Waals surface area (Å²) < 4.78 is 0. The smallest absolute Gasteiger partial charge is 0.339 e. The molecule has 2 heterocycles. The fourth-order valence-electron chi connectivity index (χ4n) is 1.87. The van der Waals surface area contributed by atoms with Gasteiger partial charge in [-0.1, -0.05) is 13.0 Å². The number of hydrogen-bond donors (Lipinski definition) is 1. The molecule has 0 aromatic carbocycles.